The van der Waals surface area contributed by atoms with Crippen LogP contribution in [0.15, 0.2) is 0 Å². The first kappa shape index (κ1) is 32.0. The molecule has 0 bridgehead atoms. The number of hydrogen-bond acceptors (Lipinski definition) is 0. The van der Waals surface area contributed by atoms with E-state index in [2.05, 4.69) is 20.3 Å². The quantitative estimate of drug-likeness (QED) is 0.0995. The fourth-order valence-corrected chi connectivity index (χ4v) is 4.93. The van der Waals surface area contributed by atoms with Crippen molar-refractivity contribution in [2.24, 2.45) is 0 Å². The summed E-state index contributed by atoms with van der Waals surface area (Å²) >= 11 is 0. The smallest absolute Gasteiger partial charge is 0.0386 e. The molecule has 32 heavy (non-hydrogen) atoms. The van der Waals surface area contributed by atoms with E-state index in [1.165, 1.54) is 186 Å². The van der Waals surface area contributed by atoms with Crippen LogP contribution in [0.5, 0.6) is 0 Å². The highest BCUT2D eigenvalue weighted by Crippen LogP contribution is 2.16. The molecule has 0 rings (SSSR count). The normalized spacial score (nSPS) is 11.4. The molecule has 0 aliphatic rings. The molecule has 0 N–H and O–H groups in total. The van der Waals surface area contributed by atoms with Crippen LogP contribution in [0.2, 0.25) is 0 Å². The van der Waals surface area contributed by atoms with Gasteiger partial charge in [0.25, 0.3) is 0 Å². The van der Waals surface area contributed by atoms with Gasteiger partial charge in [-0.2, -0.15) is 0 Å². The van der Waals surface area contributed by atoms with Gasteiger partial charge in [-0.25, -0.2) is 0 Å². The van der Waals surface area contributed by atoms with Gasteiger partial charge >= 0.3 is 0 Å². The Bertz CT molecular complexity index is 264. The van der Waals surface area contributed by atoms with Gasteiger partial charge in [0.2, 0.25) is 0 Å². The van der Waals surface area contributed by atoms with Crippen LogP contribution in [0.1, 0.15) is 200 Å². The number of rotatable bonds is 29. The molecule has 0 unspecified atom stereocenters. The maximum atomic E-state index is 2.58. The average molecular weight is 450 g/mol. The van der Waals surface area contributed by atoms with Crippen molar-refractivity contribution in [2.75, 3.05) is 0 Å². The molecule has 0 nitrogen and oxygen atoms in total. The van der Waals surface area contributed by atoms with Crippen molar-refractivity contribution in [1.29, 1.82) is 0 Å². The van der Waals surface area contributed by atoms with Gasteiger partial charge in [0.15, 0.2) is 0 Å². The van der Waals surface area contributed by atoms with Crippen LogP contribution in [0.25, 0.3) is 0 Å². The standard InChI is InChI=1S/C32H65/c1-3-5-7-9-11-13-15-17-19-21-23-25-27-29-31-32-30-28-26-24-22-20-18-16-14-12-10-8-6-4-2/h31H,3-30,32H2,1-2H3. The van der Waals surface area contributed by atoms with Gasteiger partial charge in [-0.3, -0.25) is 0 Å². The molecule has 0 amide bonds. The Balaban J connectivity index is 2.98. The molecule has 0 saturated heterocycles. The van der Waals surface area contributed by atoms with E-state index in [4.69, 9.17) is 0 Å². The van der Waals surface area contributed by atoms with Gasteiger partial charge < -0.3 is 0 Å². The molecule has 0 aromatic carbocycles. The highest BCUT2D eigenvalue weighted by atomic mass is 14.0. The Labute approximate surface area is 206 Å². The molecule has 0 aromatic rings. The molecule has 0 aromatic heterocycles. The lowest BCUT2D eigenvalue weighted by atomic mass is 10.0. The predicted octanol–water partition coefficient (Wildman–Crippen LogP) is 12.5. The van der Waals surface area contributed by atoms with Crippen molar-refractivity contribution in [3.63, 3.8) is 0 Å². The highest BCUT2D eigenvalue weighted by molar-refractivity contribution is 4.64. The minimum atomic E-state index is 1.37. The van der Waals surface area contributed by atoms with Crippen LogP contribution in [-0.2, 0) is 0 Å². The summed E-state index contributed by atoms with van der Waals surface area (Å²) in [5, 5.41) is 0. The summed E-state index contributed by atoms with van der Waals surface area (Å²) in [5.74, 6) is 0. The van der Waals surface area contributed by atoms with Gasteiger partial charge in [0.05, 0.1) is 0 Å². The molecule has 0 aliphatic heterocycles. The Morgan fingerprint density at radius 1 is 0.250 bits per heavy atom. The summed E-state index contributed by atoms with van der Waals surface area (Å²) in [4.78, 5) is 0. The van der Waals surface area contributed by atoms with E-state index in [1.807, 2.05) is 0 Å². The lowest BCUT2D eigenvalue weighted by Gasteiger charge is -2.04. The minimum absolute atomic E-state index is 1.37. The summed E-state index contributed by atoms with van der Waals surface area (Å²) in [6.45, 7) is 4.61. The predicted molar refractivity (Wildman–Crippen MR) is 150 cm³/mol. The fourth-order valence-electron chi connectivity index (χ4n) is 4.93. The zero-order valence-electron chi connectivity index (χ0n) is 23.1. The minimum Gasteiger partial charge on any atom is -0.0654 e. The second-order valence-electron chi connectivity index (χ2n) is 10.7. The lowest BCUT2D eigenvalue weighted by molar-refractivity contribution is 0.531. The van der Waals surface area contributed by atoms with Crippen LogP contribution in [-0.4, -0.2) is 0 Å². The maximum absolute atomic E-state index is 2.58. The van der Waals surface area contributed by atoms with E-state index < -0.39 is 0 Å². The molecular weight excluding hydrogens is 384 g/mol. The molecule has 1 radical (unpaired) electrons. The van der Waals surface area contributed by atoms with Crippen molar-refractivity contribution in [2.45, 2.75) is 200 Å². The van der Waals surface area contributed by atoms with E-state index in [-0.39, 0.29) is 0 Å². The summed E-state index contributed by atoms with van der Waals surface area (Å²) in [5.41, 5.74) is 0. The largest absolute Gasteiger partial charge is 0.0654 e. The van der Waals surface area contributed by atoms with Crippen LogP contribution >= 0.6 is 0 Å². The second kappa shape index (κ2) is 31.0. The van der Waals surface area contributed by atoms with E-state index in [1.54, 1.807) is 0 Å². The topological polar surface area (TPSA) is 0 Å². The van der Waals surface area contributed by atoms with Gasteiger partial charge in [-0.15, -0.1) is 0 Å². The van der Waals surface area contributed by atoms with E-state index in [0.717, 1.165) is 0 Å². The second-order valence-corrected chi connectivity index (χ2v) is 10.7. The highest BCUT2D eigenvalue weighted by Gasteiger charge is 1.96. The zero-order chi connectivity index (χ0) is 23.2. The van der Waals surface area contributed by atoms with E-state index >= 15 is 0 Å². The summed E-state index contributed by atoms with van der Waals surface area (Å²) in [6, 6.07) is 0. The van der Waals surface area contributed by atoms with Gasteiger partial charge in [-0.05, 0) is 6.42 Å². The third kappa shape index (κ3) is 30.0. The first-order valence-corrected chi connectivity index (χ1v) is 15.7. The third-order valence-corrected chi connectivity index (χ3v) is 7.27. The zero-order valence-corrected chi connectivity index (χ0v) is 23.1. The molecular formula is C32H65. The van der Waals surface area contributed by atoms with Crippen molar-refractivity contribution in [3.8, 4) is 0 Å². The van der Waals surface area contributed by atoms with E-state index in [0.29, 0.717) is 0 Å². The summed E-state index contributed by atoms with van der Waals surface area (Å²) in [6.07, 6.45) is 44.9. The van der Waals surface area contributed by atoms with Crippen LogP contribution < -0.4 is 0 Å². The third-order valence-electron chi connectivity index (χ3n) is 7.27. The molecule has 0 spiro atoms. The van der Waals surface area contributed by atoms with Crippen molar-refractivity contribution < 1.29 is 0 Å². The van der Waals surface area contributed by atoms with Crippen LogP contribution in [0, 0.1) is 6.42 Å². The van der Waals surface area contributed by atoms with Crippen molar-refractivity contribution in [1.82, 2.24) is 0 Å². The number of unbranched alkanes of at least 4 members (excludes halogenated alkanes) is 29. The first-order chi connectivity index (χ1) is 15.9. The average Bonchev–Trinajstić information content (AvgIpc) is 2.81. The first-order valence-electron chi connectivity index (χ1n) is 15.7. The number of hydrogen-bond donors (Lipinski definition) is 0. The van der Waals surface area contributed by atoms with Gasteiger partial charge in [-0.1, -0.05) is 200 Å². The summed E-state index contributed by atoms with van der Waals surface area (Å²) < 4.78 is 0. The van der Waals surface area contributed by atoms with Crippen molar-refractivity contribution in [3.05, 3.63) is 6.42 Å². The molecule has 0 saturated carbocycles. The Hall–Kier alpha value is 0. The van der Waals surface area contributed by atoms with E-state index in [9.17, 15) is 0 Å². The fraction of sp³-hybridized carbons (Fsp3) is 0.969. The molecule has 0 atom stereocenters. The molecule has 0 fully saturated rings. The Morgan fingerprint density at radius 2 is 0.438 bits per heavy atom. The monoisotopic (exact) mass is 450 g/mol. The molecule has 0 heterocycles. The Morgan fingerprint density at radius 3 is 0.656 bits per heavy atom. The van der Waals surface area contributed by atoms with Crippen molar-refractivity contribution >= 4 is 0 Å². The lowest BCUT2D eigenvalue weighted by Crippen LogP contribution is -1.85. The van der Waals surface area contributed by atoms with Crippen LogP contribution in [0.3, 0.4) is 0 Å². The van der Waals surface area contributed by atoms with Gasteiger partial charge in [0, 0.05) is 0 Å². The van der Waals surface area contributed by atoms with Gasteiger partial charge in [0.1, 0.15) is 0 Å². The Kier molecular flexibility index (Phi) is 31.0. The molecule has 0 heteroatoms. The van der Waals surface area contributed by atoms with Crippen LogP contribution in [0.4, 0.5) is 0 Å². The summed E-state index contributed by atoms with van der Waals surface area (Å²) in [7, 11) is 0. The maximum Gasteiger partial charge on any atom is -0.0386 e. The SMILES string of the molecule is CCCCCCCCCCCCCCC[CH]CCCCCCCCCCCCCCCC. The molecule has 193 valence electrons. The molecule has 0 aliphatic carbocycles.